The fourth-order valence-corrected chi connectivity index (χ4v) is 2.21. The van der Waals surface area contributed by atoms with Gasteiger partial charge < -0.3 is 14.2 Å². The van der Waals surface area contributed by atoms with Gasteiger partial charge in [0.1, 0.15) is 17.2 Å². The Hall–Kier alpha value is -2.93. The van der Waals surface area contributed by atoms with Crippen LogP contribution in [0.5, 0.6) is 17.2 Å². The zero-order valence-corrected chi connectivity index (χ0v) is 15.1. The highest BCUT2D eigenvalue weighted by atomic mass is 35.5. The average molecular weight is 379 g/mol. The number of halogens is 1. The Kier molecular flexibility index (Phi) is 7.11. The van der Waals surface area contributed by atoms with Gasteiger partial charge in [0, 0.05) is 5.02 Å². The molecule has 0 aliphatic carbocycles. The molecule has 0 fully saturated rings. The van der Waals surface area contributed by atoms with Crippen LogP contribution in [0, 0.1) is 0 Å². The van der Waals surface area contributed by atoms with Crippen LogP contribution in [-0.2, 0) is 4.79 Å². The molecular formula is C18H19ClN2O5. The summed E-state index contributed by atoms with van der Waals surface area (Å²) in [6.45, 7) is 2.20. The Morgan fingerprint density at radius 2 is 1.65 bits per heavy atom. The van der Waals surface area contributed by atoms with E-state index in [-0.39, 0.29) is 12.2 Å². The lowest BCUT2D eigenvalue weighted by Gasteiger charge is -2.11. The zero-order chi connectivity index (χ0) is 18.9. The van der Waals surface area contributed by atoms with Gasteiger partial charge in [0.2, 0.25) is 0 Å². The highest BCUT2D eigenvalue weighted by Crippen LogP contribution is 2.22. The van der Waals surface area contributed by atoms with Gasteiger partial charge in [-0.25, -0.2) is 0 Å². The molecular weight excluding hydrogens is 360 g/mol. The number of hydrogen-bond donors (Lipinski definition) is 2. The van der Waals surface area contributed by atoms with E-state index in [0.29, 0.717) is 28.9 Å². The van der Waals surface area contributed by atoms with E-state index in [0.717, 1.165) is 0 Å². The van der Waals surface area contributed by atoms with Crippen LogP contribution in [0.25, 0.3) is 0 Å². The summed E-state index contributed by atoms with van der Waals surface area (Å²) >= 11 is 5.88. The number of carbonyl (C=O) groups is 2. The molecule has 0 radical (unpaired) electrons. The summed E-state index contributed by atoms with van der Waals surface area (Å²) in [4.78, 5) is 23.9. The van der Waals surface area contributed by atoms with Gasteiger partial charge in [0.15, 0.2) is 6.61 Å². The molecule has 0 atom stereocenters. The molecule has 2 N–H and O–H groups in total. The standard InChI is InChI=1S/C18H19ClN2O5/c1-3-25-13-5-7-14(8-6-13)26-11-17(22)20-21-18(23)15-10-12(19)4-9-16(15)24-2/h4-10H,3,11H2,1-2H3,(H,20,22)(H,21,23). The van der Waals surface area contributed by atoms with Gasteiger partial charge >= 0.3 is 0 Å². The van der Waals surface area contributed by atoms with Crippen molar-refractivity contribution in [3.8, 4) is 17.2 Å². The number of carbonyl (C=O) groups excluding carboxylic acids is 2. The van der Waals surface area contributed by atoms with Gasteiger partial charge in [-0.2, -0.15) is 0 Å². The van der Waals surface area contributed by atoms with Crippen LogP contribution in [0.4, 0.5) is 0 Å². The van der Waals surface area contributed by atoms with Gasteiger partial charge in [0.25, 0.3) is 11.8 Å². The molecule has 0 bridgehead atoms. The van der Waals surface area contributed by atoms with Gasteiger partial charge in [-0.05, 0) is 49.4 Å². The van der Waals surface area contributed by atoms with Crippen LogP contribution >= 0.6 is 11.6 Å². The van der Waals surface area contributed by atoms with Crippen LogP contribution < -0.4 is 25.1 Å². The minimum absolute atomic E-state index is 0.202. The number of rotatable bonds is 7. The molecule has 8 heteroatoms. The number of amides is 2. The van der Waals surface area contributed by atoms with Crippen LogP contribution in [-0.4, -0.2) is 32.1 Å². The van der Waals surface area contributed by atoms with Crippen molar-refractivity contribution in [1.82, 2.24) is 10.9 Å². The second-order valence-electron chi connectivity index (χ2n) is 5.04. The molecule has 0 saturated heterocycles. The lowest BCUT2D eigenvalue weighted by Crippen LogP contribution is -2.43. The van der Waals surface area contributed by atoms with Crippen molar-refractivity contribution in [1.29, 1.82) is 0 Å². The van der Waals surface area contributed by atoms with Crippen LogP contribution in [0.15, 0.2) is 42.5 Å². The fraction of sp³-hybridized carbons (Fsp3) is 0.222. The molecule has 0 aromatic heterocycles. The first-order valence-electron chi connectivity index (χ1n) is 7.82. The van der Waals surface area contributed by atoms with Crippen LogP contribution in [0.3, 0.4) is 0 Å². The maximum atomic E-state index is 12.1. The number of methoxy groups -OCH3 is 1. The second kappa shape index (κ2) is 9.53. The Morgan fingerprint density at radius 1 is 1.00 bits per heavy atom. The summed E-state index contributed by atoms with van der Waals surface area (Å²) in [5, 5.41) is 0.376. The van der Waals surface area contributed by atoms with E-state index in [2.05, 4.69) is 10.9 Å². The summed E-state index contributed by atoms with van der Waals surface area (Å²) in [5.41, 5.74) is 4.75. The topological polar surface area (TPSA) is 85.9 Å². The van der Waals surface area contributed by atoms with Crippen LogP contribution in [0.2, 0.25) is 5.02 Å². The van der Waals surface area contributed by atoms with Crippen molar-refractivity contribution in [3.63, 3.8) is 0 Å². The molecule has 0 heterocycles. The summed E-state index contributed by atoms with van der Waals surface area (Å²) < 4.78 is 15.8. The molecule has 2 aromatic carbocycles. The molecule has 0 spiro atoms. The molecule has 2 rings (SSSR count). The molecule has 0 aliphatic rings. The SMILES string of the molecule is CCOc1ccc(OCC(=O)NNC(=O)c2cc(Cl)ccc2OC)cc1. The van der Waals surface area contributed by atoms with E-state index < -0.39 is 11.8 Å². The Balaban J connectivity index is 1.83. The van der Waals surface area contributed by atoms with Crippen molar-refractivity contribution in [3.05, 3.63) is 53.1 Å². The van der Waals surface area contributed by atoms with Crippen molar-refractivity contribution in [2.45, 2.75) is 6.92 Å². The zero-order valence-electron chi connectivity index (χ0n) is 14.4. The quantitative estimate of drug-likeness (QED) is 0.723. The minimum Gasteiger partial charge on any atom is -0.496 e. The first kappa shape index (κ1) is 19.4. The smallest absolute Gasteiger partial charge is 0.276 e. The highest BCUT2D eigenvalue weighted by molar-refractivity contribution is 6.31. The van der Waals surface area contributed by atoms with E-state index in [1.165, 1.54) is 13.2 Å². The third kappa shape index (κ3) is 5.56. The Morgan fingerprint density at radius 3 is 2.27 bits per heavy atom. The van der Waals surface area contributed by atoms with Crippen molar-refractivity contribution in [2.75, 3.05) is 20.3 Å². The van der Waals surface area contributed by atoms with Gasteiger partial charge in [-0.15, -0.1) is 0 Å². The van der Waals surface area contributed by atoms with Gasteiger partial charge in [0.05, 0.1) is 19.3 Å². The molecule has 7 nitrogen and oxygen atoms in total. The highest BCUT2D eigenvalue weighted by Gasteiger charge is 2.14. The number of hydrogen-bond acceptors (Lipinski definition) is 5. The number of ether oxygens (including phenoxy) is 3. The third-order valence-electron chi connectivity index (χ3n) is 3.23. The van der Waals surface area contributed by atoms with Gasteiger partial charge in [-0.1, -0.05) is 11.6 Å². The number of nitrogens with one attached hydrogen (secondary N) is 2. The first-order chi connectivity index (χ1) is 12.5. The van der Waals surface area contributed by atoms with E-state index in [1.54, 1.807) is 36.4 Å². The normalized spacial score (nSPS) is 9.96. The van der Waals surface area contributed by atoms with E-state index in [9.17, 15) is 9.59 Å². The molecule has 0 aliphatic heterocycles. The number of hydrazine groups is 1. The molecule has 2 amide bonds. The molecule has 138 valence electrons. The summed E-state index contributed by atoms with van der Waals surface area (Å²) in [7, 11) is 1.43. The predicted molar refractivity (Wildman–Crippen MR) is 96.7 cm³/mol. The average Bonchev–Trinajstić information content (AvgIpc) is 2.65. The summed E-state index contributed by atoms with van der Waals surface area (Å²) in [6, 6.07) is 11.5. The van der Waals surface area contributed by atoms with Crippen molar-refractivity contribution < 1.29 is 23.8 Å². The third-order valence-corrected chi connectivity index (χ3v) is 3.46. The first-order valence-corrected chi connectivity index (χ1v) is 8.19. The van der Waals surface area contributed by atoms with Crippen molar-refractivity contribution >= 4 is 23.4 Å². The minimum atomic E-state index is -0.557. The molecule has 2 aromatic rings. The van der Waals surface area contributed by atoms with Crippen molar-refractivity contribution in [2.24, 2.45) is 0 Å². The second-order valence-corrected chi connectivity index (χ2v) is 5.48. The van der Waals surface area contributed by atoms with E-state index in [1.807, 2.05) is 6.92 Å². The fourth-order valence-electron chi connectivity index (χ4n) is 2.04. The Labute approximate surface area is 156 Å². The van der Waals surface area contributed by atoms with E-state index in [4.69, 9.17) is 25.8 Å². The lowest BCUT2D eigenvalue weighted by molar-refractivity contribution is -0.123. The summed E-state index contributed by atoms with van der Waals surface area (Å²) in [5.74, 6) is 0.484. The van der Waals surface area contributed by atoms with Gasteiger partial charge in [-0.3, -0.25) is 20.4 Å². The maximum Gasteiger partial charge on any atom is 0.276 e. The number of benzene rings is 2. The molecule has 0 unspecified atom stereocenters. The predicted octanol–water partition coefficient (Wildman–Crippen LogP) is 2.59. The maximum absolute atomic E-state index is 12.1. The lowest BCUT2D eigenvalue weighted by atomic mass is 10.2. The molecule has 26 heavy (non-hydrogen) atoms. The largest absolute Gasteiger partial charge is 0.496 e. The Bertz CT molecular complexity index is 765. The summed E-state index contributed by atoms with van der Waals surface area (Å²) in [6.07, 6.45) is 0. The van der Waals surface area contributed by atoms with Crippen LogP contribution in [0.1, 0.15) is 17.3 Å². The monoisotopic (exact) mass is 378 g/mol. The molecule has 0 saturated carbocycles. The van der Waals surface area contributed by atoms with E-state index >= 15 is 0 Å².